The van der Waals surface area contributed by atoms with E-state index >= 15 is 0 Å². The summed E-state index contributed by atoms with van der Waals surface area (Å²) in [5.74, 6) is 1.06. The number of carbonyl (C=O) groups is 1. The van der Waals surface area contributed by atoms with Crippen molar-refractivity contribution in [1.29, 1.82) is 0 Å². The molecule has 1 spiro atoms. The Morgan fingerprint density at radius 3 is 3.07 bits per heavy atom. The predicted molar refractivity (Wildman–Crippen MR) is 100 cm³/mol. The molecule has 28 heavy (non-hydrogen) atoms. The number of aromatic nitrogens is 2. The lowest BCUT2D eigenvalue weighted by Crippen LogP contribution is -2.35. The van der Waals surface area contributed by atoms with Gasteiger partial charge in [-0.05, 0) is 18.9 Å². The lowest BCUT2D eigenvalue weighted by molar-refractivity contribution is -0.276. The van der Waals surface area contributed by atoms with Gasteiger partial charge in [-0.2, -0.15) is 0 Å². The molecular weight excluding hydrogens is 364 g/mol. The maximum absolute atomic E-state index is 12.8. The van der Waals surface area contributed by atoms with Crippen molar-refractivity contribution < 1.29 is 24.0 Å². The molecule has 0 bridgehead atoms. The van der Waals surface area contributed by atoms with Gasteiger partial charge in [0.25, 0.3) is 0 Å². The molecule has 1 aromatic carbocycles. The average Bonchev–Trinajstić information content (AvgIpc) is 3.49. The normalized spacial score (nSPS) is 27.2. The zero-order chi connectivity index (χ0) is 19.1. The van der Waals surface area contributed by atoms with Gasteiger partial charge in [-0.3, -0.25) is 5.32 Å². The first-order valence-corrected chi connectivity index (χ1v) is 9.66. The number of rotatable bonds is 3. The Balaban J connectivity index is 1.38. The topological polar surface area (TPSA) is 97.9 Å². The van der Waals surface area contributed by atoms with Crippen LogP contribution in [-0.2, 0) is 14.5 Å². The number of methoxy groups -OCH3 is 1. The molecule has 5 rings (SSSR count). The second-order valence-corrected chi connectivity index (χ2v) is 7.77. The number of aromatic amines is 1. The Morgan fingerprint density at radius 1 is 1.39 bits per heavy atom. The van der Waals surface area contributed by atoms with Gasteiger partial charge >= 0.3 is 6.03 Å². The minimum atomic E-state index is -0.180. The van der Waals surface area contributed by atoms with Crippen LogP contribution in [0.15, 0.2) is 12.1 Å². The lowest BCUT2D eigenvalue weighted by Gasteiger charge is -2.21. The molecule has 3 aliphatic rings. The summed E-state index contributed by atoms with van der Waals surface area (Å²) in [6.07, 6.45) is 2.58. The highest BCUT2D eigenvalue weighted by molar-refractivity contribution is 5.92. The molecule has 3 aliphatic heterocycles. The van der Waals surface area contributed by atoms with Crippen LogP contribution in [0.5, 0.6) is 5.75 Å². The van der Waals surface area contributed by atoms with Gasteiger partial charge in [0.15, 0.2) is 0 Å². The van der Waals surface area contributed by atoms with Gasteiger partial charge in [0.05, 0.1) is 20.3 Å². The fraction of sp³-hybridized carbons (Fsp3) is 0.579. The Morgan fingerprint density at radius 2 is 2.32 bits per heavy atom. The van der Waals surface area contributed by atoms with Crippen LogP contribution in [0.2, 0.25) is 0 Å². The summed E-state index contributed by atoms with van der Waals surface area (Å²) in [6.45, 7) is 3.53. The smallest absolute Gasteiger partial charge is 0.324 e. The van der Waals surface area contributed by atoms with E-state index in [4.69, 9.17) is 19.2 Å². The summed E-state index contributed by atoms with van der Waals surface area (Å²) in [4.78, 5) is 32.8. The van der Waals surface area contributed by atoms with Crippen molar-refractivity contribution in [2.24, 2.45) is 5.41 Å². The van der Waals surface area contributed by atoms with E-state index in [1.165, 1.54) is 0 Å². The first-order valence-electron chi connectivity index (χ1n) is 9.66. The van der Waals surface area contributed by atoms with Crippen LogP contribution >= 0.6 is 0 Å². The molecule has 9 heteroatoms. The van der Waals surface area contributed by atoms with Crippen molar-refractivity contribution in [2.75, 3.05) is 45.3 Å². The van der Waals surface area contributed by atoms with Gasteiger partial charge in [0.2, 0.25) is 5.95 Å². The van der Waals surface area contributed by atoms with Gasteiger partial charge in [-0.15, -0.1) is 0 Å². The van der Waals surface area contributed by atoms with Gasteiger partial charge < -0.3 is 19.4 Å². The average molecular weight is 388 g/mol. The molecule has 9 nitrogen and oxygen atoms in total. The van der Waals surface area contributed by atoms with Crippen molar-refractivity contribution in [2.45, 2.75) is 25.4 Å². The fourth-order valence-corrected chi connectivity index (χ4v) is 4.38. The number of amides is 2. The Hall–Kier alpha value is -2.36. The molecule has 0 saturated carbocycles. The monoisotopic (exact) mass is 388 g/mol. The van der Waals surface area contributed by atoms with Gasteiger partial charge in [-0.25, -0.2) is 19.6 Å². The molecule has 2 amide bonds. The number of ether oxygens (including phenoxy) is 2. The van der Waals surface area contributed by atoms with E-state index in [2.05, 4.69) is 15.3 Å². The molecule has 0 radical (unpaired) electrons. The summed E-state index contributed by atoms with van der Waals surface area (Å²) in [5, 5.41) is 2.90. The maximum Gasteiger partial charge on any atom is 0.324 e. The van der Waals surface area contributed by atoms with Gasteiger partial charge in [0, 0.05) is 37.1 Å². The molecule has 1 aromatic heterocycles. The zero-order valence-electron chi connectivity index (χ0n) is 15.8. The molecule has 3 fully saturated rings. The highest BCUT2D eigenvalue weighted by Crippen LogP contribution is 2.39. The molecule has 2 atom stereocenters. The third-order valence-electron chi connectivity index (χ3n) is 5.99. The highest BCUT2D eigenvalue weighted by Gasteiger charge is 2.42. The number of nitrogens with one attached hydrogen (secondary N) is 2. The van der Waals surface area contributed by atoms with Crippen LogP contribution in [-0.4, -0.2) is 60.9 Å². The van der Waals surface area contributed by atoms with E-state index in [0.29, 0.717) is 23.8 Å². The molecule has 0 aliphatic carbocycles. The quantitative estimate of drug-likeness (QED) is 0.785. The number of hydrogen-bond acceptors (Lipinski definition) is 6. The first-order chi connectivity index (χ1) is 13.7. The maximum atomic E-state index is 12.8. The van der Waals surface area contributed by atoms with Crippen LogP contribution in [0.3, 0.4) is 0 Å². The minimum absolute atomic E-state index is 0.126. The lowest BCUT2D eigenvalue weighted by atomic mass is 9.87. The number of urea groups is 1. The van der Waals surface area contributed by atoms with Crippen LogP contribution < -0.4 is 10.1 Å². The van der Waals surface area contributed by atoms with Crippen LogP contribution in [0.25, 0.3) is 11.0 Å². The number of H-pyrrole nitrogens is 1. The number of anilines is 1. The molecule has 2 N–H and O–H groups in total. The SMILES string of the molecule is COc1ccc(C2CCOO2)c2nc(NC(=O)N3CCC4(CCOC4)C3)[nH]c12. The van der Waals surface area contributed by atoms with E-state index in [-0.39, 0.29) is 17.6 Å². The van der Waals surface area contributed by atoms with Gasteiger partial charge in [-0.1, -0.05) is 6.07 Å². The number of likely N-dealkylation sites (tertiary alicyclic amines) is 1. The standard InChI is InChI=1S/C19H24N4O5/c1-25-14-3-2-12(13-4-8-27-28-13)15-16(14)21-17(20-15)22-18(24)23-7-5-19(10-23)6-9-26-11-19/h2-3,13H,4-11H2,1H3,(H2,20,21,22,24). The highest BCUT2D eigenvalue weighted by atomic mass is 17.2. The van der Waals surface area contributed by atoms with E-state index < -0.39 is 0 Å². The molecule has 4 heterocycles. The van der Waals surface area contributed by atoms with E-state index in [1.807, 2.05) is 17.0 Å². The fourth-order valence-electron chi connectivity index (χ4n) is 4.38. The minimum Gasteiger partial charge on any atom is -0.494 e. The molecule has 3 saturated heterocycles. The van der Waals surface area contributed by atoms with Crippen molar-refractivity contribution in [1.82, 2.24) is 14.9 Å². The summed E-state index contributed by atoms with van der Waals surface area (Å²) < 4.78 is 11.0. The Bertz CT molecular complexity index is 886. The summed E-state index contributed by atoms with van der Waals surface area (Å²) in [6, 6.07) is 3.65. The molecule has 2 aromatic rings. The van der Waals surface area contributed by atoms with Crippen LogP contribution in [0.4, 0.5) is 10.7 Å². The Labute approximate surface area is 162 Å². The number of hydrogen-bond donors (Lipinski definition) is 2. The predicted octanol–water partition coefficient (Wildman–Crippen LogP) is 2.61. The largest absolute Gasteiger partial charge is 0.494 e. The van der Waals surface area contributed by atoms with Crippen molar-refractivity contribution in [3.8, 4) is 5.75 Å². The third kappa shape index (κ3) is 2.99. The second kappa shape index (κ2) is 6.91. The number of nitrogens with zero attached hydrogens (tertiary/aromatic N) is 2. The second-order valence-electron chi connectivity index (χ2n) is 7.77. The van der Waals surface area contributed by atoms with E-state index in [9.17, 15) is 4.79 Å². The van der Waals surface area contributed by atoms with Gasteiger partial charge in [0.1, 0.15) is 22.9 Å². The zero-order valence-corrected chi connectivity index (χ0v) is 15.8. The van der Waals surface area contributed by atoms with Crippen molar-refractivity contribution in [3.63, 3.8) is 0 Å². The Kier molecular flexibility index (Phi) is 4.37. The molecule has 150 valence electrons. The van der Waals surface area contributed by atoms with Crippen molar-refractivity contribution >= 4 is 23.0 Å². The molecule has 2 unspecified atom stereocenters. The van der Waals surface area contributed by atoms with Crippen molar-refractivity contribution in [3.05, 3.63) is 17.7 Å². The summed E-state index contributed by atoms with van der Waals surface area (Å²) in [7, 11) is 1.61. The first kappa shape index (κ1) is 17.7. The number of carbonyl (C=O) groups excluding carboxylic acids is 1. The molecular formula is C19H24N4O5. The number of imidazole rings is 1. The summed E-state index contributed by atoms with van der Waals surface area (Å²) in [5.41, 5.74) is 2.48. The van der Waals surface area contributed by atoms with Crippen LogP contribution in [0.1, 0.15) is 30.9 Å². The van der Waals surface area contributed by atoms with E-state index in [1.54, 1.807) is 7.11 Å². The van der Waals surface area contributed by atoms with Crippen LogP contribution in [0, 0.1) is 5.41 Å². The van der Waals surface area contributed by atoms with E-state index in [0.717, 1.165) is 56.6 Å². The summed E-state index contributed by atoms with van der Waals surface area (Å²) >= 11 is 0. The number of benzene rings is 1. The third-order valence-corrected chi connectivity index (χ3v) is 5.99. The number of fused-ring (bicyclic) bond motifs is 1.